The molecule has 1 fully saturated rings. The summed E-state index contributed by atoms with van der Waals surface area (Å²) in [5.74, 6) is -0.443. The lowest BCUT2D eigenvalue weighted by atomic mass is 10.1. The summed E-state index contributed by atoms with van der Waals surface area (Å²) in [5, 5.41) is 2.75. The second kappa shape index (κ2) is 8.48. The number of carbonyl (C=O) groups is 2. The fraction of sp³-hybridized carbons (Fsp3) is 0.500. The van der Waals surface area contributed by atoms with Gasteiger partial charge in [-0.1, -0.05) is 12.1 Å². The molecule has 2 rings (SSSR count). The molecule has 0 aromatic heterocycles. The molecule has 1 aliphatic heterocycles. The van der Waals surface area contributed by atoms with E-state index in [0.29, 0.717) is 39.3 Å². The number of ether oxygens (including phenoxy) is 1. The van der Waals surface area contributed by atoms with Gasteiger partial charge in [0.05, 0.1) is 13.2 Å². The summed E-state index contributed by atoms with van der Waals surface area (Å²) in [6, 6.07) is 6.30. The molecular formula is C16H21FN2O3. The summed E-state index contributed by atoms with van der Waals surface area (Å²) in [4.78, 5) is 25.3. The van der Waals surface area contributed by atoms with E-state index < -0.39 is 0 Å². The fourth-order valence-corrected chi connectivity index (χ4v) is 2.32. The van der Waals surface area contributed by atoms with E-state index in [4.69, 9.17) is 4.74 Å². The Morgan fingerprint density at radius 2 is 2.00 bits per heavy atom. The van der Waals surface area contributed by atoms with Crippen LogP contribution in [0.3, 0.4) is 0 Å². The quantitative estimate of drug-likeness (QED) is 0.857. The fourth-order valence-electron chi connectivity index (χ4n) is 2.32. The van der Waals surface area contributed by atoms with E-state index in [-0.39, 0.29) is 30.5 Å². The van der Waals surface area contributed by atoms with Crippen molar-refractivity contribution in [1.82, 2.24) is 10.2 Å². The third kappa shape index (κ3) is 5.44. The molecule has 1 aromatic carbocycles. The molecule has 0 spiro atoms. The average Bonchev–Trinajstić information content (AvgIpc) is 2.53. The highest BCUT2D eigenvalue weighted by Gasteiger charge is 2.17. The summed E-state index contributed by atoms with van der Waals surface area (Å²) in [6.45, 7) is 2.76. The Morgan fingerprint density at radius 1 is 1.23 bits per heavy atom. The van der Waals surface area contributed by atoms with Gasteiger partial charge in [-0.05, 0) is 24.1 Å². The highest BCUT2D eigenvalue weighted by Crippen LogP contribution is 2.04. The Labute approximate surface area is 129 Å². The van der Waals surface area contributed by atoms with Crippen LogP contribution in [-0.2, 0) is 20.7 Å². The standard InChI is InChI=1S/C16H21FN2O3/c17-14-3-1-2-13(12-14)6-7-18-15(20)4-5-16(21)19-8-10-22-11-9-19/h1-3,12H,4-11H2,(H,18,20). The number of hydrogen-bond donors (Lipinski definition) is 1. The molecule has 0 saturated carbocycles. The highest BCUT2D eigenvalue weighted by atomic mass is 19.1. The second-order valence-electron chi connectivity index (χ2n) is 5.22. The number of benzene rings is 1. The van der Waals surface area contributed by atoms with E-state index in [0.717, 1.165) is 5.56 Å². The molecule has 0 radical (unpaired) electrons. The Bertz CT molecular complexity index is 516. The lowest BCUT2D eigenvalue weighted by Crippen LogP contribution is -2.41. The first kappa shape index (κ1) is 16.4. The summed E-state index contributed by atoms with van der Waals surface area (Å²) in [7, 11) is 0. The van der Waals surface area contributed by atoms with E-state index in [1.165, 1.54) is 12.1 Å². The summed E-state index contributed by atoms with van der Waals surface area (Å²) in [5.41, 5.74) is 0.838. The molecule has 1 heterocycles. The van der Waals surface area contributed by atoms with Crippen LogP contribution >= 0.6 is 0 Å². The van der Waals surface area contributed by atoms with Crippen LogP contribution in [0.1, 0.15) is 18.4 Å². The van der Waals surface area contributed by atoms with Crippen molar-refractivity contribution in [3.63, 3.8) is 0 Å². The van der Waals surface area contributed by atoms with Crippen LogP contribution in [0.4, 0.5) is 4.39 Å². The zero-order valence-electron chi connectivity index (χ0n) is 12.5. The van der Waals surface area contributed by atoms with E-state index in [1.54, 1.807) is 11.0 Å². The second-order valence-corrected chi connectivity index (χ2v) is 5.22. The van der Waals surface area contributed by atoms with Gasteiger partial charge in [-0.2, -0.15) is 0 Å². The van der Waals surface area contributed by atoms with Gasteiger partial charge in [0, 0.05) is 32.5 Å². The lowest BCUT2D eigenvalue weighted by molar-refractivity contribution is -0.137. The zero-order valence-corrected chi connectivity index (χ0v) is 12.5. The van der Waals surface area contributed by atoms with E-state index in [9.17, 15) is 14.0 Å². The van der Waals surface area contributed by atoms with Crippen molar-refractivity contribution < 1.29 is 18.7 Å². The molecule has 22 heavy (non-hydrogen) atoms. The highest BCUT2D eigenvalue weighted by molar-refractivity contribution is 5.83. The normalized spacial score (nSPS) is 14.7. The van der Waals surface area contributed by atoms with Crippen LogP contribution in [0.2, 0.25) is 0 Å². The Morgan fingerprint density at radius 3 is 2.73 bits per heavy atom. The summed E-state index contributed by atoms with van der Waals surface area (Å²) >= 11 is 0. The minimum Gasteiger partial charge on any atom is -0.378 e. The van der Waals surface area contributed by atoms with Crippen LogP contribution in [0.5, 0.6) is 0 Å². The van der Waals surface area contributed by atoms with Gasteiger partial charge in [-0.15, -0.1) is 0 Å². The number of carbonyl (C=O) groups excluding carboxylic acids is 2. The topological polar surface area (TPSA) is 58.6 Å². The SMILES string of the molecule is O=C(CCC(=O)N1CCOCC1)NCCc1cccc(F)c1. The van der Waals surface area contributed by atoms with E-state index in [1.807, 2.05) is 6.07 Å². The minimum atomic E-state index is -0.278. The van der Waals surface area contributed by atoms with Crippen molar-refractivity contribution >= 4 is 11.8 Å². The van der Waals surface area contributed by atoms with Gasteiger partial charge in [0.15, 0.2) is 0 Å². The van der Waals surface area contributed by atoms with Crippen LogP contribution in [-0.4, -0.2) is 49.6 Å². The smallest absolute Gasteiger partial charge is 0.223 e. The number of morpholine rings is 1. The Balaban J connectivity index is 1.62. The molecule has 2 amide bonds. The Hall–Kier alpha value is -1.95. The molecule has 120 valence electrons. The molecular weight excluding hydrogens is 287 g/mol. The first-order valence-corrected chi connectivity index (χ1v) is 7.52. The van der Waals surface area contributed by atoms with Crippen molar-refractivity contribution in [2.45, 2.75) is 19.3 Å². The first-order chi connectivity index (χ1) is 10.6. The van der Waals surface area contributed by atoms with Crippen LogP contribution < -0.4 is 5.32 Å². The monoisotopic (exact) mass is 308 g/mol. The van der Waals surface area contributed by atoms with Gasteiger partial charge in [0.1, 0.15) is 5.82 Å². The molecule has 0 atom stereocenters. The van der Waals surface area contributed by atoms with Crippen LogP contribution in [0.15, 0.2) is 24.3 Å². The maximum absolute atomic E-state index is 13.0. The molecule has 5 nitrogen and oxygen atoms in total. The van der Waals surface area contributed by atoms with Gasteiger partial charge in [0.2, 0.25) is 11.8 Å². The molecule has 1 aliphatic rings. The number of nitrogens with one attached hydrogen (secondary N) is 1. The number of hydrogen-bond acceptors (Lipinski definition) is 3. The third-order valence-corrected chi connectivity index (χ3v) is 3.55. The van der Waals surface area contributed by atoms with Gasteiger partial charge in [0.25, 0.3) is 0 Å². The van der Waals surface area contributed by atoms with Gasteiger partial charge >= 0.3 is 0 Å². The number of amides is 2. The predicted molar refractivity (Wildman–Crippen MR) is 79.7 cm³/mol. The molecule has 1 aromatic rings. The predicted octanol–water partition coefficient (Wildman–Crippen LogP) is 1.12. The number of rotatable bonds is 6. The van der Waals surface area contributed by atoms with Crippen molar-refractivity contribution in [3.8, 4) is 0 Å². The first-order valence-electron chi connectivity index (χ1n) is 7.52. The molecule has 0 unspecified atom stereocenters. The van der Waals surface area contributed by atoms with Gasteiger partial charge in [-0.25, -0.2) is 4.39 Å². The molecule has 1 saturated heterocycles. The molecule has 6 heteroatoms. The van der Waals surface area contributed by atoms with Crippen molar-refractivity contribution in [1.29, 1.82) is 0 Å². The van der Waals surface area contributed by atoms with E-state index in [2.05, 4.69) is 5.32 Å². The number of halogens is 1. The van der Waals surface area contributed by atoms with Crippen molar-refractivity contribution in [3.05, 3.63) is 35.6 Å². The lowest BCUT2D eigenvalue weighted by Gasteiger charge is -2.26. The largest absolute Gasteiger partial charge is 0.378 e. The summed E-state index contributed by atoms with van der Waals surface area (Å²) < 4.78 is 18.2. The molecule has 1 N–H and O–H groups in total. The maximum atomic E-state index is 13.0. The maximum Gasteiger partial charge on any atom is 0.223 e. The zero-order chi connectivity index (χ0) is 15.8. The Kier molecular flexibility index (Phi) is 6.33. The molecule has 0 bridgehead atoms. The van der Waals surface area contributed by atoms with E-state index >= 15 is 0 Å². The minimum absolute atomic E-state index is 0.0106. The van der Waals surface area contributed by atoms with Crippen molar-refractivity contribution in [2.75, 3.05) is 32.8 Å². The molecule has 0 aliphatic carbocycles. The third-order valence-electron chi connectivity index (χ3n) is 3.55. The van der Waals surface area contributed by atoms with Crippen molar-refractivity contribution in [2.24, 2.45) is 0 Å². The van der Waals surface area contributed by atoms with Gasteiger partial charge in [-0.3, -0.25) is 9.59 Å². The summed E-state index contributed by atoms with van der Waals surface area (Å²) in [6.07, 6.45) is 0.964. The van der Waals surface area contributed by atoms with Crippen LogP contribution in [0, 0.1) is 5.82 Å². The number of nitrogens with zero attached hydrogens (tertiary/aromatic N) is 1. The average molecular weight is 308 g/mol. The van der Waals surface area contributed by atoms with Gasteiger partial charge < -0.3 is 15.0 Å². The van der Waals surface area contributed by atoms with Crippen LogP contribution in [0.25, 0.3) is 0 Å².